The lowest BCUT2D eigenvalue weighted by atomic mass is 10.1. The van der Waals surface area contributed by atoms with Gasteiger partial charge in [0.1, 0.15) is 6.04 Å². The van der Waals surface area contributed by atoms with Gasteiger partial charge in [-0.05, 0) is 59.8 Å². The Labute approximate surface area is 205 Å². The first-order valence-corrected chi connectivity index (χ1v) is 13.0. The molecule has 176 valence electrons. The van der Waals surface area contributed by atoms with Crippen LogP contribution in [-0.2, 0) is 26.0 Å². The molecule has 8 nitrogen and oxygen atoms in total. The number of anilines is 1. The monoisotopic (exact) mass is 517 g/mol. The van der Waals surface area contributed by atoms with Crippen molar-refractivity contribution in [2.24, 2.45) is 5.14 Å². The zero-order valence-electron chi connectivity index (χ0n) is 17.8. The van der Waals surface area contributed by atoms with Gasteiger partial charge in [-0.25, -0.2) is 18.5 Å². The number of hydrogen-bond donors (Lipinski definition) is 1. The minimum absolute atomic E-state index is 0.0158. The molecule has 1 aromatic heterocycles. The van der Waals surface area contributed by atoms with Gasteiger partial charge in [0.15, 0.2) is 0 Å². The molecule has 0 saturated carbocycles. The zero-order valence-corrected chi connectivity index (χ0v) is 20.1. The van der Waals surface area contributed by atoms with Crippen LogP contribution in [0.15, 0.2) is 70.9 Å². The smallest absolute Gasteiger partial charge is 0.264 e. The van der Waals surface area contributed by atoms with E-state index < -0.39 is 27.9 Å². The third-order valence-corrected chi connectivity index (χ3v) is 7.51. The van der Waals surface area contributed by atoms with E-state index in [2.05, 4.69) is 0 Å². The highest BCUT2D eigenvalue weighted by Crippen LogP contribution is 2.28. The predicted molar refractivity (Wildman–Crippen MR) is 129 cm³/mol. The van der Waals surface area contributed by atoms with Gasteiger partial charge in [-0.2, -0.15) is 0 Å². The summed E-state index contributed by atoms with van der Waals surface area (Å²) in [6.45, 7) is 0.156. The summed E-state index contributed by atoms with van der Waals surface area (Å²) in [5.74, 6) is -1.24. The third-order valence-electron chi connectivity index (χ3n) is 5.47. The highest BCUT2D eigenvalue weighted by Gasteiger charge is 2.44. The normalized spacial score (nSPS) is 16.2. The second-order valence-corrected chi connectivity index (χ2v) is 10.6. The Kier molecular flexibility index (Phi) is 6.85. The number of nitrogens with zero attached hydrogens (tertiary/aromatic N) is 2. The Morgan fingerprint density at radius 1 is 1.09 bits per heavy atom. The molecule has 1 unspecified atom stereocenters. The number of carbonyl (C=O) groups excluding carboxylic acids is 3. The Morgan fingerprint density at radius 3 is 2.35 bits per heavy atom. The average molecular weight is 518 g/mol. The molecule has 0 aliphatic carbocycles. The maximum atomic E-state index is 13.3. The van der Waals surface area contributed by atoms with Crippen LogP contribution in [0.5, 0.6) is 0 Å². The molecule has 4 rings (SSSR count). The van der Waals surface area contributed by atoms with E-state index in [1.165, 1.54) is 28.4 Å². The lowest BCUT2D eigenvalue weighted by Gasteiger charge is -2.27. The minimum Gasteiger partial charge on any atom is -0.325 e. The van der Waals surface area contributed by atoms with Crippen LogP contribution in [0.3, 0.4) is 0 Å². The van der Waals surface area contributed by atoms with Gasteiger partial charge in [0, 0.05) is 11.6 Å². The first-order chi connectivity index (χ1) is 16.1. The Bertz CT molecular complexity index is 1320. The van der Waals surface area contributed by atoms with Crippen LogP contribution in [0, 0.1) is 0 Å². The van der Waals surface area contributed by atoms with Crippen LogP contribution < -0.4 is 10.0 Å². The molecule has 1 aliphatic heterocycles. The second kappa shape index (κ2) is 9.67. The number of hydrogen-bond acceptors (Lipinski definition) is 6. The minimum atomic E-state index is -3.81. The van der Waals surface area contributed by atoms with Crippen molar-refractivity contribution in [2.75, 3.05) is 11.4 Å². The van der Waals surface area contributed by atoms with E-state index in [9.17, 15) is 22.8 Å². The van der Waals surface area contributed by atoms with Crippen molar-refractivity contribution in [2.45, 2.75) is 23.8 Å². The number of nitrogens with two attached hydrogens (primary N) is 1. The van der Waals surface area contributed by atoms with Gasteiger partial charge < -0.3 is 4.90 Å². The van der Waals surface area contributed by atoms with Gasteiger partial charge in [0.25, 0.3) is 11.8 Å². The molecule has 3 amide bonds. The van der Waals surface area contributed by atoms with E-state index >= 15 is 0 Å². The number of thiophene rings is 1. The van der Waals surface area contributed by atoms with Gasteiger partial charge >= 0.3 is 0 Å². The summed E-state index contributed by atoms with van der Waals surface area (Å²) in [7, 11) is -3.81. The molecule has 0 bridgehead atoms. The summed E-state index contributed by atoms with van der Waals surface area (Å²) in [6.07, 6.45) is 0.212. The van der Waals surface area contributed by atoms with Crippen molar-refractivity contribution in [1.29, 1.82) is 0 Å². The van der Waals surface area contributed by atoms with Crippen molar-refractivity contribution in [3.05, 3.63) is 81.5 Å². The number of carbonyl (C=O) groups is 3. The number of benzene rings is 2. The van der Waals surface area contributed by atoms with Crippen molar-refractivity contribution in [1.82, 2.24) is 4.90 Å². The van der Waals surface area contributed by atoms with Crippen molar-refractivity contribution < 1.29 is 22.8 Å². The second-order valence-electron chi connectivity index (χ2n) is 7.68. The van der Waals surface area contributed by atoms with Crippen LogP contribution in [0.2, 0.25) is 5.02 Å². The molecular weight excluding hydrogens is 498 g/mol. The predicted octanol–water partition coefficient (Wildman–Crippen LogP) is 3.07. The van der Waals surface area contributed by atoms with E-state index in [4.69, 9.17) is 16.7 Å². The van der Waals surface area contributed by atoms with Gasteiger partial charge in [-0.3, -0.25) is 14.4 Å². The fourth-order valence-electron chi connectivity index (χ4n) is 3.76. The highest BCUT2D eigenvalue weighted by atomic mass is 35.5. The van der Waals surface area contributed by atoms with Crippen LogP contribution in [-0.4, -0.2) is 43.6 Å². The molecule has 34 heavy (non-hydrogen) atoms. The Balaban J connectivity index is 1.59. The van der Waals surface area contributed by atoms with E-state index in [0.717, 1.165) is 10.5 Å². The lowest BCUT2D eigenvalue weighted by molar-refractivity contribution is -0.122. The summed E-state index contributed by atoms with van der Waals surface area (Å²) in [4.78, 5) is 42.3. The molecule has 3 aromatic rings. The Morgan fingerprint density at radius 2 is 1.76 bits per heavy atom. The van der Waals surface area contributed by atoms with E-state index in [0.29, 0.717) is 22.0 Å². The van der Waals surface area contributed by atoms with Gasteiger partial charge in [-0.15, -0.1) is 11.3 Å². The Hall–Kier alpha value is -3.05. The van der Waals surface area contributed by atoms with E-state index in [1.807, 2.05) is 0 Å². The SMILES string of the molecule is NS(=O)(=O)c1ccc(CCN(C(=O)c2cccs2)C2CC(=O)N(c3ccc(Cl)cc3)C2=O)cc1. The van der Waals surface area contributed by atoms with Crippen molar-refractivity contribution in [3.8, 4) is 0 Å². The molecule has 1 atom stereocenters. The van der Waals surface area contributed by atoms with Crippen LogP contribution >= 0.6 is 22.9 Å². The molecule has 0 spiro atoms. The quantitative estimate of drug-likeness (QED) is 0.483. The standard InChI is InChI=1S/C23H20ClN3O5S2/c24-16-5-7-17(8-6-16)27-21(28)14-19(22(27)29)26(23(30)20-2-1-13-33-20)12-11-15-3-9-18(10-4-15)34(25,31)32/h1-10,13,19H,11-12,14H2,(H2,25,31,32). The van der Waals surface area contributed by atoms with Crippen molar-refractivity contribution >= 4 is 56.4 Å². The van der Waals surface area contributed by atoms with Gasteiger partial charge in [0.2, 0.25) is 15.9 Å². The molecule has 11 heteroatoms. The number of primary sulfonamides is 1. The van der Waals surface area contributed by atoms with Crippen LogP contribution in [0.25, 0.3) is 0 Å². The number of sulfonamides is 1. The highest BCUT2D eigenvalue weighted by molar-refractivity contribution is 7.89. The first-order valence-electron chi connectivity index (χ1n) is 10.2. The largest absolute Gasteiger partial charge is 0.325 e. The number of imide groups is 1. The summed E-state index contributed by atoms with van der Waals surface area (Å²) < 4.78 is 23.0. The average Bonchev–Trinajstić information content (AvgIpc) is 3.43. The topological polar surface area (TPSA) is 118 Å². The molecule has 2 heterocycles. The van der Waals surface area contributed by atoms with E-state index in [-0.39, 0.29) is 23.8 Å². The van der Waals surface area contributed by atoms with Crippen LogP contribution in [0.1, 0.15) is 21.7 Å². The molecular formula is C23H20ClN3O5S2. The van der Waals surface area contributed by atoms with Crippen LogP contribution in [0.4, 0.5) is 5.69 Å². The number of rotatable bonds is 7. The fourth-order valence-corrected chi connectivity index (χ4v) is 5.08. The zero-order chi connectivity index (χ0) is 24.5. The summed E-state index contributed by atoms with van der Waals surface area (Å²) in [5, 5.41) is 7.38. The van der Waals surface area contributed by atoms with Crippen molar-refractivity contribution in [3.63, 3.8) is 0 Å². The molecule has 2 aromatic carbocycles. The maximum absolute atomic E-state index is 13.3. The number of amides is 3. The molecule has 1 fully saturated rings. The molecule has 2 N–H and O–H groups in total. The molecule has 0 radical (unpaired) electrons. The summed E-state index contributed by atoms with van der Waals surface area (Å²) >= 11 is 7.17. The summed E-state index contributed by atoms with van der Waals surface area (Å²) in [6, 6.07) is 14.8. The van der Waals surface area contributed by atoms with Gasteiger partial charge in [-0.1, -0.05) is 29.8 Å². The first kappa shape index (κ1) is 24.1. The molecule has 1 aliphatic rings. The third kappa shape index (κ3) is 5.05. The fraction of sp³-hybridized carbons (Fsp3) is 0.174. The molecule has 1 saturated heterocycles. The lowest BCUT2D eigenvalue weighted by Crippen LogP contribution is -2.46. The number of halogens is 1. The maximum Gasteiger partial charge on any atom is 0.264 e. The van der Waals surface area contributed by atoms with E-state index in [1.54, 1.807) is 53.9 Å². The van der Waals surface area contributed by atoms with Gasteiger partial charge in [0.05, 0.1) is 21.9 Å². The summed E-state index contributed by atoms with van der Waals surface area (Å²) in [5.41, 5.74) is 1.15.